The molecule has 1 heterocycles. The molecule has 0 unspecified atom stereocenters. The van der Waals surface area contributed by atoms with Gasteiger partial charge in [0.05, 0.1) is 12.5 Å². The molecule has 1 saturated heterocycles. The lowest BCUT2D eigenvalue weighted by Gasteiger charge is -2.32. The molecule has 1 fully saturated rings. The van der Waals surface area contributed by atoms with Crippen LogP contribution < -0.4 is 11.1 Å². The van der Waals surface area contributed by atoms with Crippen molar-refractivity contribution in [3.63, 3.8) is 0 Å². The summed E-state index contributed by atoms with van der Waals surface area (Å²) in [5, 5.41) is 2.66. The Morgan fingerprint density at radius 1 is 1.42 bits per heavy atom. The highest BCUT2D eigenvalue weighted by atomic mass is 32.2. The van der Waals surface area contributed by atoms with E-state index in [-0.39, 0.29) is 18.7 Å². The first kappa shape index (κ1) is 20.4. The van der Waals surface area contributed by atoms with Crippen LogP contribution in [-0.2, 0) is 24.6 Å². The molecular formula is C14H25N4O5S. The van der Waals surface area contributed by atoms with Crippen molar-refractivity contribution in [2.24, 2.45) is 11.7 Å². The van der Waals surface area contributed by atoms with Crippen LogP contribution >= 0.6 is 0 Å². The number of rotatable bonds is 7. The molecule has 0 bridgehead atoms. The van der Waals surface area contributed by atoms with Gasteiger partial charge in [-0.1, -0.05) is 6.92 Å². The molecule has 1 radical (unpaired) electrons. The molecule has 3 amide bonds. The first-order valence-electron chi connectivity index (χ1n) is 7.72. The Kier molecular flexibility index (Phi) is 7.15. The quantitative estimate of drug-likeness (QED) is 0.601. The molecule has 3 N–H and O–H groups in total. The van der Waals surface area contributed by atoms with E-state index in [2.05, 4.69) is 5.32 Å². The first-order valence-corrected chi connectivity index (χ1v) is 9.12. The Labute approximate surface area is 142 Å². The minimum atomic E-state index is -4.06. The van der Waals surface area contributed by atoms with Gasteiger partial charge in [-0.15, -0.1) is 0 Å². The normalized spacial score (nSPS) is 20.2. The summed E-state index contributed by atoms with van der Waals surface area (Å²) in [6, 6.07) is -0.757. The van der Waals surface area contributed by atoms with Gasteiger partial charge in [0.1, 0.15) is 0 Å². The van der Waals surface area contributed by atoms with Crippen molar-refractivity contribution in [2.45, 2.75) is 38.6 Å². The summed E-state index contributed by atoms with van der Waals surface area (Å²) >= 11 is 0. The van der Waals surface area contributed by atoms with Crippen LogP contribution in [0.4, 0.5) is 0 Å². The molecule has 2 atom stereocenters. The number of nitrogens with zero attached hydrogens (tertiary/aromatic N) is 2. The largest absolute Gasteiger partial charge is 0.369 e. The van der Waals surface area contributed by atoms with Gasteiger partial charge in [0.15, 0.2) is 0 Å². The number of carbonyl (C=O) groups excluding carboxylic acids is 3. The highest BCUT2D eigenvalue weighted by Crippen LogP contribution is 2.21. The maximum absolute atomic E-state index is 12.6. The highest BCUT2D eigenvalue weighted by molar-refractivity contribution is 7.87. The zero-order chi connectivity index (χ0) is 18.5. The van der Waals surface area contributed by atoms with E-state index in [1.54, 1.807) is 6.92 Å². The molecule has 9 nitrogen and oxygen atoms in total. The third-order valence-electron chi connectivity index (χ3n) is 3.85. The Hall–Kier alpha value is -1.68. The van der Waals surface area contributed by atoms with Crippen molar-refractivity contribution in [2.75, 3.05) is 20.6 Å². The van der Waals surface area contributed by atoms with Crippen LogP contribution in [0.15, 0.2) is 0 Å². The number of hydrogen-bond acceptors (Lipinski definition) is 5. The Morgan fingerprint density at radius 2 is 2.04 bits per heavy atom. The van der Waals surface area contributed by atoms with E-state index in [4.69, 9.17) is 5.73 Å². The first-order chi connectivity index (χ1) is 11.1. The Bertz CT molecular complexity index is 590. The van der Waals surface area contributed by atoms with Gasteiger partial charge >= 0.3 is 10.2 Å². The topological polar surface area (TPSA) is 130 Å². The zero-order valence-electron chi connectivity index (χ0n) is 14.2. The number of carbonyl (C=O) groups is 3. The monoisotopic (exact) mass is 361 g/mol. The lowest BCUT2D eigenvalue weighted by molar-refractivity contribution is -0.126. The zero-order valence-corrected chi connectivity index (χ0v) is 15.0. The van der Waals surface area contributed by atoms with Crippen molar-refractivity contribution in [1.29, 1.82) is 0 Å². The number of nitrogens with one attached hydrogen (secondary N) is 1. The maximum Gasteiger partial charge on any atom is 0.306 e. The van der Waals surface area contributed by atoms with E-state index >= 15 is 0 Å². The molecule has 0 aromatic carbocycles. The third-order valence-corrected chi connectivity index (χ3v) is 5.75. The van der Waals surface area contributed by atoms with Crippen LogP contribution in [0.2, 0.25) is 0 Å². The van der Waals surface area contributed by atoms with Crippen LogP contribution in [0, 0.1) is 12.3 Å². The standard InChI is InChI=1S/C14H25N4O5S/c1-10(14(15)21)6-7-13(20)18(24(22,23)17(2)3)11-5-4-8-16-12(19)9-11/h7,10-11H,4-6,8-9H2,1-3H3,(H2,15,21)(H,16,19)/t10-,11-/m0/s1. The second kappa shape index (κ2) is 8.43. The Morgan fingerprint density at radius 3 is 2.58 bits per heavy atom. The molecular weight excluding hydrogens is 336 g/mol. The lowest BCUT2D eigenvalue weighted by atomic mass is 10.0. The molecule has 1 aliphatic heterocycles. The summed E-state index contributed by atoms with van der Waals surface area (Å²) in [5.74, 6) is -2.21. The van der Waals surface area contributed by atoms with Crippen molar-refractivity contribution < 1.29 is 22.8 Å². The van der Waals surface area contributed by atoms with Gasteiger partial charge in [-0.05, 0) is 19.3 Å². The molecule has 0 spiro atoms. The lowest BCUT2D eigenvalue weighted by Crippen LogP contribution is -2.50. The van der Waals surface area contributed by atoms with Gasteiger partial charge in [-0.25, -0.2) is 4.31 Å². The van der Waals surface area contributed by atoms with Crippen LogP contribution in [0.5, 0.6) is 0 Å². The van der Waals surface area contributed by atoms with Gasteiger partial charge < -0.3 is 11.1 Å². The van der Waals surface area contributed by atoms with E-state index in [1.807, 2.05) is 0 Å². The molecule has 10 heteroatoms. The summed E-state index contributed by atoms with van der Waals surface area (Å²) in [6.45, 7) is 2.00. The number of nitrogens with two attached hydrogens (primary N) is 1. The van der Waals surface area contributed by atoms with Gasteiger partial charge in [-0.2, -0.15) is 12.7 Å². The van der Waals surface area contributed by atoms with E-state index in [0.717, 1.165) is 15.0 Å². The molecule has 0 saturated carbocycles. The van der Waals surface area contributed by atoms with Crippen molar-refractivity contribution >= 4 is 27.9 Å². The van der Waals surface area contributed by atoms with Crippen molar-refractivity contribution in [3.05, 3.63) is 6.42 Å². The van der Waals surface area contributed by atoms with Crippen LogP contribution in [0.25, 0.3) is 0 Å². The number of primary amides is 1. The fraction of sp³-hybridized carbons (Fsp3) is 0.714. The van der Waals surface area contributed by atoms with Crippen LogP contribution in [0.1, 0.15) is 32.6 Å². The van der Waals surface area contributed by atoms with E-state index in [9.17, 15) is 22.8 Å². The minimum Gasteiger partial charge on any atom is -0.369 e. The maximum atomic E-state index is 12.6. The Balaban J connectivity index is 3.03. The summed E-state index contributed by atoms with van der Waals surface area (Å²) in [4.78, 5) is 35.3. The molecule has 24 heavy (non-hydrogen) atoms. The summed E-state index contributed by atoms with van der Waals surface area (Å²) < 4.78 is 26.8. The van der Waals surface area contributed by atoms with Gasteiger partial charge in [0.2, 0.25) is 17.7 Å². The molecule has 0 aromatic heterocycles. The third kappa shape index (κ3) is 5.17. The van der Waals surface area contributed by atoms with Crippen LogP contribution in [0.3, 0.4) is 0 Å². The predicted octanol–water partition coefficient (Wildman–Crippen LogP) is -0.994. The van der Waals surface area contributed by atoms with E-state index in [1.165, 1.54) is 14.1 Å². The predicted molar refractivity (Wildman–Crippen MR) is 87.4 cm³/mol. The van der Waals surface area contributed by atoms with Crippen molar-refractivity contribution in [1.82, 2.24) is 13.9 Å². The van der Waals surface area contributed by atoms with Gasteiger partial charge in [0, 0.05) is 33.0 Å². The van der Waals surface area contributed by atoms with Gasteiger partial charge in [-0.3, -0.25) is 14.4 Å². The summed E-state index contributed by atoms with van der Waals surface area (Å²) in [7, 11) is -1.42. The average Bonchev–Trinajstić information content (AvgIpc) is 2.68. The highest BCUT2D eigenvalue weighted by Gasteiger charge is 2.37. The summed E-state index contributed by atoms with van der Waals surface area (Å²) in [5.41, 5.74) is 5.15. The molecule has 1 rings (SSSR count). The second-order valence-electron chi connectivity index (χ2n) is 6.02. The summed E-state index contributed by atoms with van der Waals surface area (Å²) in [6.07, 6.45) is 2.04. The fourth-order valence-electron chi connectivity index (χ4n) is 2.30. The SMILES string of the molecule is C[C@@H](C[CH]C(=O)N([C@H]1CCCNC(=O)C1)S(=O)(=O)N(C)C)C(N)=O. The van der Waals surface area contributed by atoms with Crippen molar-refractivity contribution in [3.8, 4) is 0 Å². The van der Waals surface area contributed by atoms with Crippen LogP contribution in [-0.4, -0.2) is 61.4 Å². The second-order valence-corrected chi connectivity index (χ2v) is 8.04. The smallest absolute Gasteiger partial charge is 0.306 e. The molecule has 0 aromatic rings. The van der Waals surface area contributed by atoms with E-state index < -0.39 is 34.0 Å². The number of amides is 3. The van der Waals surface area contributed by atoms with Gasteiger partial charge in [0.25, 0.3) is 0 Å². The molecule has 1 aliphatic rings. The van der Waals surface area contributed by atoms with E-state index in [0.29, 0.717) is 19.4 Å². The number of hydrogen-bond donors (Lipinski definition) is 2. The minimum absolute atomic E-state index is 0.0343. The molecule has 0 aliphatic carbocycles. The average molecular weight is 361 g/mol. The fourth-order valence-corrected chi connectivity index (χ4v) is 3.51. The molecule has 137 valence electrons.